The van der Waals surface area contributed by atoms with Gasteiger partial charge in [0.1, 0.15) is 0 Å². The fraction of sp³-hybridized carbons (Fsp3) is 0.737. The second-order valence-electron chi connectivity index (χ2n) is 7.98. The number of likely N-dealkylation sites (tertiary alicyclic amines) is 1. The number of rotatable bonds is 3. The molecule has 3 heterocycles. The number of H-pyrrole nitrogens is 1. The van der Waals surface area contributed by atoms with Gasteiger partial charge in [-0.2, -0.15) is 5.10 Å². The quantitative estimate of drug-likeness (QED) is 0.609. The van der Waals surface area contributed by atoms with Crippen LogP contribution in [0, 0.1) is 0 Å². The van der Waals surface area contributed by atoms with Gasteiger partial charge in [0.2, 0.25) is 0 Å². The van der Waals surface area contributed by atoms with Crippen molar-refractivity contribution in [3.05, 3.63) is 17.0 Å². The van der Waals surface area contributed by atoms with E-state index in [1.54, 1.807) is 0 Å². The number of urea groups is 1. The fourth-order valence-electron chi connectivity index (χ4n) is 4.44. The van der Waals surface area contributed by atoms with E-state index >= 15 is 0 Å². The molecule has 0 unspecified atom stereocenters. The first-order valence-corrected chi connectivity index (χ1v) is 10.3. The lowest BCUT2D eigenvalue weighted by Gasteiger charge is -2.33. The van der Waals surface area contributed by atoms with Crippen LogP contribution in [0.25, 0.3) is 0 Å². The minimum absolute atomic E-state index is 0. The summed E-state index contributed by atoms with van der Waals surface area (Å²) in [5, 5.41) is 16.8. The zero-order valence-electron chi connectivity index (χ0n) is 16.3. The Balaban J connectivity index is 0.00000225. The van der Waals surface area contributed by atoms with Crippen LogP contribution in [0.5, 0.6) is 0 Å². The van der Waals surface area contributed by atoms with Crippen LogP contribution >= 0.6 is 12.4 Å². The Morgan fingerprint density at radius 1 is 1.00 bits per heavy atom. The van der Waals surface area contributed by atoms with Gasteiger partial charge >= 0.3 is 6.03 Å². The van der Waals surface area contributed by atoms with E-state index in [-0.39, 0.29) is 30.4 Å². The summed E-state index contributed by atoms with van der Waals surface area (Å²) < 4.78 is 0. The molecule has 0 bridgehead atoms. The van der Waals surface area contributed by atoms with Crippen molar-refractivity contribution in [1.29, 1.82) is 0 Å². The number of amides is 3. The topological polar surface area (TPSA) is 102 Å². The molecule has 3 amide bonds. The van der Waals surface area contributed by atoms with Crippen molar-refractivity contribution >= 4 is 24.3 Å². The van der Waals surface area contributed by atoms with Gasteiger partial charge in [0.05, 0.1) is 0 Å². The minimum Gasteiger partial charge on any atom is -0.337 e. The average Bonchev–Trinajstić information content (AvgIpc) is 3.13. The molecule has 156 valence electrons. The van der Waals surface area contributed by atoms with Gasteiger partial charge in [-0.05, 0) is 25.7 Å². The van der Waals surface area contributed by atoms with Crippen molar-refractivity contribution in [1.82, 2.24) is 31.0 Å². The number of carbonyl (C=O) groups excluding carboxylic acids is 2. The third-order valence-electron chi connectivity index (χ3n) is 6.07. The molecule has 0 atom stereocenters. The number of carbonyl (C=O) groups is 2. The van der Waals surface area contributed by atoms with E-state index in [4.69, 9.17) is 0 Å². The smallest absolute Gasteiger partial charge is 0.315 e. The van der Waals surface area contributed by atoms with E-state index in [9.17, 15) is 9.59 Å². The van der Waals surface area contributed by atoms with Gasteiger partial charge in [0.25, 0.3) is 5.91 Å². The summed E-state index contributed by atoms with van der Waals surface area (Å²) in [7, 11) is 0. The highest BCUT2D eigenvalue weighted by molar-refractivity contribution is 5.94. The first kappa shape index (κ1) is 20.9. The maximum atomic E-state index is 12.8. The molecule has 8 nitrogen and oxygen atoms in total. The zero-order chi connectivity index (χ0) is 18.6. The Bertz CT molecular complexity index is 680. The number of nitrogens with one attached hydrogen (secondary N) is 4. The second-order valence-corrected chi connectivity index (χ2v) is 7.98. The molecule has 4 rings (SSSR count). The highest BCUT2D eigenvalue weighted by Gasteiger charge is 2.29. The van der Waals surface area contributed by atoms with E-state index in [1.807, 2.05) is 4.90 Å². The summed E-state index contributed by atoms with van der Waals surface area (Å²) in [4.78, 5) is 26.9. The Labute approximate surface area is 172 Å². The molecular formula is C19H31ClN6O2. The lowest BCUT2D eigenvalue weighted by molar-refractivity contribution is 0.0701. The summed E-state index contributed by atoms with van der Waals surface area (Å²) in [6.07, 6.45) is 8.32. The zero-order valence-corrected chi connectivity index (χ0v) is 17.1. The molecule has 1 aliphatic carbocycles. The van der Waals surface area contributed by atoms with Crippen LogP contribution in [0.2, 0.25) is 0 Å². The van der Waals surface area contributed by atoms with Gasteiger partial charge in [-0.3, -0.25) is 9.89 Å². The van der Waals surface area contributed by atoms with Gasteiger partial charge in [-0.25, -0.2) is 4.79 Å². The second kappa shape index (κ2) is 9.60. The van der Waals surface area contributed by atoms with Crippen molar-refractivity contribution in [2.24, 2.45) is 0 Å². The Morgan fingerprint density at radius 2 is 1.68 bits per heavy atom. The first-order chi connectivity index (χ1) is 13.2. The molecule has 9 heteroatoms. The Kier molecular flexibility index (Phi) is 7.18. The molecule has 3 aliphatic rings. The Morgan fingerprint density at radius 3 is 2.39 bits per heavy atom. The standard InChI is InChI=1S/C19H30N6O2.ClH/c26-18(17-15-12-20-9-6-16(15)23-24-17)25-10-7-14(8-11-25)22-19(27)21-13-4-2-1-3-5-13;/h13-14,20H,1-12H2,(H,23,24)(H2,21,22,27);1H. The molecule has 4 N–H and O–H groups in total. The van der Waals surface area contributed by atoms with Crippen LogP contribution in [0.4, 0.5) is 4.79 Å². The van der Waals surface area contributed by atoms with Crippen LogP contribution < -0.4 is 16.0 Å². The molecule has 2 aliphatic heterocycles. The van der Waals surface area contributed by atoms with Gasteiger partial charge in [-0.1, -0.05) is 19.3 Å². The molecule has 28 heavy (non-hydrogen) atoms. The third-order valence-corrected chi connectivity index (χ3v) is 6.07. The number of fused-ring (bicyclic) bond motifs is 1. The summed E-state index contributed by atoms with van der Waals surface area (Å²) in [5.41, 5.74) is 2.64. The number of aromatic amines is 1. The molecule has 0 spiro atoms. The summed E-state index contributed by atoms with van der Waals surface area (Å²) >= 11 is 0. The number of hydrogen-bond donors (Lipinski definition) is 4. The van der Waals surface area contributed by atoms with Crippen LogP contribution in [-0.2, 0) is 13.0 Å². The van der Waals surface area contributed by atoms with E-state index in [1.165, 1.54) is 19.3 Å². The highest BCUT2D eigenvalue weighted by atomic mass is 35.5. The predicted molar refractivity (Wildman–Crippen MR) is 109 cm³/mol. The maximum Gasteiger partial charge on any atom is 0.315 e. The number of hydrogen-bond acceptors (Lipinski definition) is 4. The van der Waals surface area contributed by atoms with Crippen LogP contribution in [0.15, 0.2) is 0 Å². The van der Waals surface area contributed by atoms with Crippen molar-refractivity contribution < 1.29 is 9.59 Å². The van der Waals surface area contributed by atoms with Crippen molar-refractivity contribution in [3.63, 3.8) is 0 Å². The molecule has 0 radical (unpaired) electrons. The molecular weight excluding hydrogens is 380 g/mol. The first-order valence-electron chi connectivity index (χ1n) is 10.3. The van der Waals surface area contributed by atoms with Crippen molar-refractivity contribution in [2.45, 2.75) is 70.0 Å². The van der Waals surface area contributed by atoms with Gasteiger partial charge < -0.3 is 20.9 Å². The van der Waals surface area contributed by atoms with E-state index in [0.717, 1.165) is 49.9 Å². The average molecular weight is 411 g/mol. The Hall–Kier alpha value is -1.80. The lowest BCUT2D eigenvalue weighted by atomic mass is 9.96. The molecule has 1 saturated carbocycles. The van der Waals surface area contributed by atoms with Gasteiger partial charge in [0.15, 0.2) is 5.69 Å². The molecule has 2 fully saturated rings. The lowest BCUT2D eigenvalue weighted by Crippen LogP contribution is -2.51. The van der Waals surface area contributed by atoms with E-state index in [2.05, 4.69) is 26.1 Å². The highest BCUT2D eigenvalue weighted by Crippen LogP contribution is 2.20. The fourth-order valence-corrected chi connectivity index (χ4v) is 4.44. The normalized spacial score (nSPS) is 20.8. The van der Waals surface area contributed by atoms with Crippen LogP contribution in [0.3, 0.4) is 0 Å². The summed E-state index contributed by atoms with van der Waals surface area (Å²) in [6.45, 7) is 2.93. The third kappa shape index (κ3) is 4.78. The summed E-state index contributed by atoms with van der Waals surface area (Å²) in [5.74, 6) is 0.00121. The largest absolute Gasteiger partial charge is 0.337 e. The number of nitrogens with zero attached hydrogens (tertiary/aromatic N) is 2. The summed E-state index contributed by atoms with van der Waals surface area (Å²) in [6, 6.07) is 0.395. The molecule has 1 aromatic heterocycles. The molecule has 1 saturated heterocycles. The van der Waals surface area contributed by atoms with E-state index < -0.39 is 0 Å². The van der Waals surface area contributed by atoms with Gasteiger partial charge in [-0.15, -0.1) is 12.4 Å². The number of piperidine rings is 1. The molecule has 0 aromatic carbocycles. The van der Waals surface area contributed by atoms with Crippen molar-refractivity contribution in [2.75, 3.05) is 19.6 Å². The minimum atomic E-state index is -0.0564. The number of halogens is 1. The predicted octanol–water partition coefficient (Wildman–Crippen LogP) is 1.71. The monoisotopic (exact) mass is 410 g/mol. The maximum absolute atomic E-state index is 12.8. The van der Waals surface area contributed by atoms with Gasteiger partial charge in [0, 0.05) is 55.9 Å². The van der Waals surface area contributed by atoms with E-state index in [0.29, 0.717) is 31.4 Å². The number of aromatic nitrogens is 2. The van der Waals surface area contributed by atoms with Crippen LogP contribution in [0.1, 0.15) is 66.7 Å². The van der Waals surface area contributed by atoms with Crippen molar-refractivity contribution in [3.8, 4) is 0 Å². The van der Waals surface area contributed by atoms with Crippen LogP contribution in [-0.4, -0.2) is 58.8 Å². The SMILES string of the molecule is Cl.O=C(NC1CCCCC1)NC1CCN(C(=O)c2n[nH]c3c2CNCC3)CC1. The molecule has 1 aromatic rings.